The highest BCUT2D eigenvalue weighted by atomic mass is 19.1. The summed E-state index contributed by atoms with van der Waals surface area (Å²) in [5.74, 6) is 3.86. The van der Waals surface area contributed by atoms with Gasteiger partial charge in [0.2, 0.25) is 0 Å². The standard InChI is InChI=1S/C13H10F2N2/c14-11-4-5-12(13(15)7-11)10-3-1-2-9(6-10)8-17-16/h1-8H,16H2. The number of hydrogen-bond donors (Lipinski definition) is 1. The first-order valence-corrected chi connectivity index (χ1v) is 4.99. The zero-order chi connectivity index (χ0) is 12.3. The van der Waals surface area contributed by atoms with Crippen molar-refractivity contribution in [2.24, 2.45) is 10.9 Å². The average molecular weight is 232 g/mol. The molecule has 2 rings (SSSR count). The van der Waals surface area contributed by atoms with Gasteiger partial charge in [0, 0.05) is 11.6 Å². The van der Waals surface area contributed by atoms with E-state index in [1.807, 2.05) is 0 Å². The summed E-state index contributed by atoms with van der Waals surface area (Å²) in [7, 11) is 0. The van der Waals surface area contributed by atoms with Crippen LogP contribution >= 0.6 is 0 Å². The van der Waals surface area contributed by atoms with Gasteiger partial charge in [-0.1, -0.05) is 18.2 Å². The third-order valence-electron chi connectivity index (χ3n) is 2.35. The molecule has 0 unspecified atom stereocenters. The van der Waals surface area contributed by atoms with E-state index in [2.05, 4.69) is 5.10 Å². The largest absolute Gasteiger partial charge is 0.323 e. The molecular weight excluding hydrogens is 222 g/mol. The van der Waals surface area contributed by atoms with Crippen molar-refractivity contribution in [3.05, 3.63) is 59.7 Å². The lowest BCUT2D eigenvalue weighted by molar-refractivity contribution is 0.585. The van der Waals surface area contributed by atoms with E-state index >= 15 is 0 Å². The van der Waals surface area contributed by atoms with E-state index in [0.29, 0.717) is 11.1 Å². The zero-order valence-corrected chi connectivity index (χ0v) is 8.90. The normalized spacial score (nSPS) is 10.9. The number of hydrazone groups is 1. The maximum Gasteiger partial charge on any atom is 0.133 e. The molecule has 0 spiro atoms. The Bertz CT molecular complexity index is 565. The molecule has 2 aromatic rings. The predicted molar refractivity (Wildman–Crippen MR) is 63.6 cm³/mol. The molecule has 2 aromatic carbocycles. The third-order valence-corrected chi connectivity index (χ3v) is 2.35. The molecule has 0 aliphatic rings. The first-order valence-electron chi connectivity index (χ1n) is 4.99. The molecule has 0 fully saturated rings. The molecule has 0 aliphatic carbocycles. The fourth-order valence-corrected chi connectivity index (χ4v) is 1.60. The third kappa shape index (κ3) is 2.47. The maximum atomic E-state index is 13.6. The number of hydrogen-bond acceptors (Lipinski definition) is 2. The summed E-state index contributed by atoms with van der Waals surface area (Å²) in [5.41, 5.74) is 1.76. The van der Waals surface area contributed by atoms with Gasteiger partial charge in [0.1, 0.15) is 11.6 Å². The molecule has 0 aliphatic heterocycles. The summed E-state index contributed by atoms with van der Waals surface area (Å²) < 4.78 is 26.3. The lowest BCUT2D eigenvalue weighted by Gasteiger charge is -2.04. The van der Waals surface area contributed by atoms with Crippen LogP contribution in [0.2, 0.25) is 0 Å². The molecule has 0 aromatic heterocycles. The van der Waals surface area contributed by atoms with Gasteiger partial charge in [-0.3, -0.25) is 0 Å². The van der Waals surface area contributed by atoms with Gasteiger partial charge in [0.25, 0.3) is 0 Å². The van der Waals surface area contributed by atoms with Crippen LogP contribution in [-0.4, -0.2) is 6.21 Å². The number of nitrogens with zero attached hydrogens (tertiary/aromatic N) is 1. The van der Waals surface area contributed by atoms with Gasteiger partial charge < -0.3 is 5.84 Å². The van der Waals surface area contributed by atoms with Crippen LogP contribution in [-0.2, 0) is 0 Å². The molecule has 0 saturated heterocycles. The van der Waals surface area contributed by atoms with Crippen molar-refractivity contribution >= 4 is 6.21 Å². The Labute approximate surface area is 97.4 Å². The molecule has 0 bridgehead atoms. The molecule has 2 N–H and O–H groups in total. The van der Waals surface area contributed by atoms with Crippen molar-refractivity contribution < 1.29 is 8.78 Å². The van der Waals surface area contributed by atoms with Crippen LogP contribution in [0.15, 0.2) is 47.6 Å². The molecular formula is C13H10F2N2. The fraction of sp³-hybridized carbons (Fsp3) is 0. The van der Waals surface area contributed by atoms with Crippen LogP contribution < -0.4 is 5.84 Å². The van der Waals surface area contributed by atoms with Gasteiger partial charge in [-0.05, 0) is 29.3 Å². The summed E-state index contributed by atoms with van der Waals surface area (Å²) in [6.07, 6.45) is 1.46. The van der Waals surface area contributed by atoms with Gasteiger partial charge in [-0.2, -0.15) is 5.10 Å². The lowest BCUT2D eigenvalue weighted by Crippen LogP contribution is -1.89. The molecule has 0 radical (unpaired) electrons. The Hall–Kier alpha value is -2.23. The van der Waals surface area contributed by atoms with Gasteiger partial charge >= 0.3 is 0 Å². The fourth-order valence-electron chi connectivity index (χ4n) is 1.60. The molecule has 86 valence electrons. The summed E-state index contributed by atoms with van der Waals surface area (Å²) >= 11 is 0. The molecule has 17 heavy (non-hydrogen) atoms. The molecule has 0 atom stereocenters. The smallest absolute Gasteiger partial charge is 0.133 e. The lowest BCUT2D eigenvalue weighted by atomic mass is 10.0. The van der Waals surface area contributed by atoms with E-state index in [1.165, 1.54) is 18.3 Å². The highest BCUT2D eigenvalue weighted by Gasteiger charge is 2.06. The minimum atomic E-state index is -0.592. The topological polar surface area (TPSA) is 38.4 Å². The summed E-state index contributed by atoms with van der Waals surface area (Å²) in [6.45, 7) is 0. The van der Waals surface area contributed by atoms with Gasteiger partial charge in [0.15, 0.2) is 0 Å². The Morgan fingerprint density at radius 2 is 1.88 bits per heavy atom. The number of rotatable bonds is 2. The van der Waals surface area contributed by atoms with E-state index in [1.54, 1.807) is 24.3 Å². The Morgan fingerprint density at radius 3 is 2.59 bits per heavy atom. The van der Waals surface area contributed by atoms with Crippen LogP contribution in [0.1, 0.15) is 5.56 Å². The molecule has 2 nitrogen and oxygen atoms in total. The van der Waals surface area contributed by atoms with Crippen LogP contribution in [0.4, 0.5) is 8.78 Å². The summed E-state index contributed by atoms with van der Waals surface area (Å²) in [5, 5.41) is 3.40. The highest BCUT2D eigenvalue weighted by molar-refractivity contribution is 5.82. The molecule has 4 heteroatoms. The van der Waals surface area contributed by atoms with Crippen molar-refractivity contribution in [1.82, 2.24) is 0 Å². The van der Waals surface area contributed by atoms with E-state index in [4.69, 9.17) is 5.84 Å². The zero-order valence-electron chi connectivity index (χ0n) is 8.90. The van der Waals surface area contributed by atoms with E-state index < -0.39 is 11.6 Å². The van der Waals surface area contributed by atoms with Crippen LogP contribution in [0.5, 0.6) is 0 Å². The summed E-state index contributed by atoms with van der Waals surface area (Å²) in [6, 6.07) is 10.5. The first kappa shape index (κ1) is 11.3. The Kier molecular flexibility index (Phi) is 3.14. The molecule has 0 saturated carbocycles. The average Bonchev–Trinajstić information content (AvgIpc) is 2.29. The minimum Gasteiger partial charge on any atom is -0.323 e. The SMILES string of the molecule is NN=Cc1cccc(-c2ccc(F)cc2F)c1. The summed E-state index contributed by atoms with van der Waals surface area (Å²) in [4.78, 5) is 0. The first-order chi connectivity index (χ1) is 8.20. The van der Waals surface area contributed by atoms with E-state index in [-0.39, 0.29) is 0 Å². The van der Waals surface area contributed by atoms with Gasteiger partial charge in [0.05, 0.1) is 6.21 Å². The second kappa shape index (κ2) is 4.74. The number of benzene rings is 2. The van der Waals surface area contributed by atoms with E-state index in [9.17, 15) is 8.78 Å². The van der Waals surface area contributed by atoms with Crippen molar-refractivity contribution in [1.29, 1.82) is 0 Å². The van der Waals surface area contributed by atoms with Gasteiger partial charge in [-0.15, -0.1) is 0 Å². The maximum absolute atomic E-state index is 13.6. The Morgan fingerprint density at radius 1 is 1.06 bits per heavy atom. The molecule has 0 amide bonds. The number of halogens is 2. The van der Waals surface area contributed by atoms with Crippen LogP contribution in [0.3, 0.4) is 0 Å². The monoisotopic (exact) mass is 232 g/mol. The van der Waals surface area contributed by atoms with Crippen LogP contribution in [0, 0.1) is 11.6 Å². The van der Waals surface area contributed by atoms with E-state index in [0.717, 1.165) is 11.6 Å². The quantitative estimate of drug-likeness (QED) is 0.482. The van der Waals surface area contributed by atoms with Crippen LogP contribution in [0.25, 0.3) is 11.1 Å². The second-order valence-corrected chi connectivity index (χ2v) is 3.53. The van der Waals surface area contributed by atoms with Crippen molar-refractivity contribution in [3.63, 3.8) is 0 Å². The van der Waals surface area contributed by atoms with Crippen molar-refractivity contribution in [3.8, 4) is 11.1 Å². The molecule has 0 heterocycles. The van der Waals surface area contributed by atoms with Crippen molar-refractivity contribution in [2.75, 3.05) is 0 Å². The van der Waals surface area contributed by atoms with Crippen molar-refractivity contribution in [2.45, 2.75) is 0 Å². The highest BCUT2D eigenvalue weighted by Crippen LogP contribution is 2.23. The predicted octanol–water partition coefficient (Wildman–Crippen LogP) is 2.92. The van der Waals surface area contributed by atoms with Gasteiger partial charge in [-0.25, -0.2) is 8.78 Å². The Balaban J connectivity index is 2.49. The number of nitrogens with two attached hydrogens (primary N) is 1. The minimum absolute atomic E-state index is 0.346. The second-order valence-electron chi connectivity index (χ2n) is 3.53.